The molecule has 2 N–H and O–H groups in total. The van der Waals surface area contributed by atoms with Crippen molar-refractivity contribution in [3.8, 4) is 17.6 Å². The minimum absolute atomic E-state index is 0.0814. The van der Waals surface area contributed by atoms with E-state index < -0.39 is 23.5 Å². The molecule has 0 saturated heterocycles. The van der Waals surface area contributed by atoms with E-state index in [9.17, 15) is 19.8 Å². The number of halogens is 1. The number of phenolic OH excluding ortho intramolecular Hbond substituents is 1. The van der Waals surface area contributed by atoms with Gasteiger partial charge >= 0.3 is 0 Å². The molecule has 0 saturated carbocycles. The Morgan fingerprint density at radius 1 is 1.11 bits per heavy atom. The maximum absolute atomic E-state index is 13.7. The van der Waals surface area contributed by atoms with E-state index in [1.807, 2.05) is 6.07 Å². The number of nitriles is 1. The number of aromatic hydroxyl groups is 1. The highest BCUT2D eigenvalue weighted by atomic mass is 35.5. The van der Waals surface area contributed by atoms with Crippen molar-refractivity contribution in [1.82, 2.24) is 0 Å². The number of nitrogens with zero attached hydrogens (tertiary/aromatic N) is 2. The maximum Gasteiger partial charge on any atom is 0.294 e. The molecule has 0 fully saturated rings. The number of hydrogen-bond donors (Lipinski definition) is 2. The molecule has 1 unspecified atom stereocenters. The number of carbonyl (C=O) groups excluding carboxylic acids is 2. The number of anilines is 1. The summed E-state index contributed by atoms with van der Waals surface area (Å²) in [5.41, 5.74) is 1.36. The molecular weight excluding hydrogens is 496 g/mol. The number of aliphatic hydroxyl groups excluding tert-OH is 1. The molecule has 9 heteroatoms. The van der Waals surface area contributed by atoms with Crippen molar-refractivity contribution < 1.29 is 29.0 Å². The molecule has 5 rings (SSSR count). The monoisotopic (exact) mass is 514 g/mol. The van der Waals surface area contributed by atoms with Crippen LogP contribution in [0.15, 0.2) is 82.5 Å². The van der Waals surface area contributed by atoms with Crippen LogP contribution in [0, 0.1) is 11.3 Å². The quantitative estimate of drug-likeness (QED) is 0.309. The van der Waals surface area contributed by atoms with E-state index in [0.717, 1.165) is 0 Å². The lowest BCUT2D eigenvalue weighted by molar-refractivity contribution is -0.117. The molecule has 3 aromatic carbocycles. The summed E-state index contributed by atoms with van der Waals surface area (Å²) in [7, 11) is 0. The number of amides is 1. The molecule has 0 radical (unpaired) electrons. The van der Waals surface area contributed by atoms with Gasteiger partial charge in [-0.1, -0.05) is 17.7 Å². The SMILES string of the molecule is CCOc1cc(C2C(C(=O)c3cc4cc(Cl)ccc4o3)=C(O)C(=O)N2c2ccc(C#N)cc2)ccc1O. The number of benzene rings is 3. The Morgan fingerprint density at radius 2 is 1.86 bits per heavy atom. The van der Waals surface area contributed by atoms with Gasteiger partial charge in [0.2, 0.25) is 5.78 Å². The van der Waals surface area contributed by atoms with Gasteiger partial charge in [-0.15, -0.1) is 0 Å². The average molecular weight is 515 g/mol. The van der Waals surface area contributed by atoms with Crippen molar-refractivity contribution in [3.05, 3.63) is 100.0 Å². The third-order valence-corrected chi connectivity index (χ3v) is 6.26. The minimum atomic E-state index is -1.08. The Bertz CT molecular complexity index is 1630. The van der Waals surface area contributed by atoms with Gasteiger partial charge in [-0.2, -0.15) is 5.26 Å². The molecule has 2 heterocycles. The van der Waals surface area contributed by atoms with Crippen LogP contribution in [0.5, 0.6) is 11.5 Å². The van der Waals surface area contributed by atoms with Gasteiger partial charge in [0.15, 0.2) is 23.0 Å². The number of fused-ring (bicyclic) bond motifs is 1. The number of carbonyl (C=O) groups is 2. The molecule has 4 aromatic rings. The lowest BCUT2D eigenvalue weighted by Crippen LogP contribution is -2.31. The third kappa shape index (κ3) is 4.15. The van der Waals surface area contributed by atoms with Crippen molar-refractivity contribution in [2.24, 2.45) is 0 Å². The second-order valence-electron chi connectivity index (χ2n) is 8.28. The van der Waals surface area contributed by atoms with Gasteiger partial charge in [-0.3, -0.25) is 14.5 Å². The summed E-state index contributed by atoms with van der Waals surface area (Å²) in [4.78, 5) is 28.4. The molecule has 1 aliphatic heterocycles. The Morgan fingerprint density at radius 3 is 2.57 bits per heavy atom. The van der Waals surface area contributed by atoms with Crippen LogP contribution in [0.25, 0.3) is 11.0 Å². The van der Waals surface area contributed by atoms with Gasteiger partial charge in [0.1, 0.15) is 5.58 Å². The van der Waals surface area contributed by atoms with E-state index >= 15 is 0 Å². The normalized spacial score (nSPS) is 15.3. The van der Waals surface area contributed by atoms with E-state index in [1.165, 1.54) is 41.3 Å². The van der Waals surface area contributed by atoms with Crippen molar-refractivity contribution in [1.29, 1.82) is 5.26 Å². The van der Waals surface area contributed by atoms with Gasteiger partial charge in [-0.05, 0) is 73.2 Å². The van der Waals surface area contributed by atoms with E-state index in [0.29, 0.717) is 32.8 Å². The number of aliphatic hydroxyl groups is 1. The van der Waals surface area contributed by atoms with E-state index in [1.54, 1.807) is 37.3 Å². The molecule has 8 nitrogen and oxygen atoms in total. The second-order valence-corrected chi connectivity index (χ2v) is 8.72. The Hall–Kier alpha value is -4.74. The molecule has 184 valence electrons. The summed E-state index contributed by atoms with van der Waals surface area (Å²) in [6.07, 6.45) is 0. The Kier molecular flexibility index (Phi) is 6.07. The molecule has 1 atom stereocenters. The molecule has 1 aromatic heterocycles. The highest BCUT2D eigenvalue weighted by molar-refractivity contribution is 6.31. The average Bonchev–Trinajstić information content (AvgIpc) is 3.43. The van der Waals surface area contributed by atoms with E-state index in [-0.39, 0.29) is 29.4 Å². The fraction of sp³-hybridized carbons (Fsp3) is 0.107. The van der Waals surface area contributed by atoms with Crippen LogP contribution in [0.3, 0.4) is 0 Å². The van der Waals surface area contributed by atoms with Gasteiger partial charge in [0, 0.05) is 16.1 Å². The van der Waals surface area contributed by atoms with Gasteiger partial charge in [-0.25, -0.2) is 0 Å². The number of Topliss-reactive ketones (excluding diaryl/α,β-unsaturated/α-hetero) is 1. The third-order valence-electron chi connectivity index (χ3n) is 6.03. The van der Waals surface area contributed by atoms with Gasteiger partial charge < -0.3 is 19.4 Å². The fourth-order valence-electron chi connectivity index (χ4n) is 4.35. The zero-order valence-electron chi connectivity index (χ0n) is 19.4. The van der Waals surface area contributed by atoms with Crippen molar-refractivity contribution in [2.45, 2.75) is 13.0 Å². The van der Waals surface area contributed by atoms with Crippen LogP contribution < -0.4 is 9.64 Å². The van der Waals surface area contributed by atoms with Crippen LogP contribution in [0.2, 0.25) is 5.02 Å². The molecule has 0 bridgehead atoms. The Balaban J connectivity index is 1.67. The standard InChI is InChI=1S/C28H19ClN2O6/c1-2-36-22-12-16(5-9-20(22)32)25-24(26(33)23-13-17-11-18(29)6-10-21(17)37-23)27(34)28(35)31(25)19-7-3-15(14-30)4-8-19/h3-13,25,32,34H,2H2,1H3. The molecule has 0 spiro atoms. The van der Waals surface area contributed by atoms with Crippen molar-refractivity contribution >= 4 is 39.9 Å². The fourth-order valence-corrected chi connectivity index (χ4v) is 4.53. The highest BCUT2D eigenvalue weighted by Crippen LogP contribution is 2.44. The predicted octanol–water partition coefficient (Wildman–Crippen LogP) is 5.85. The number of phenols is 1. The number of rotatable bonds is 6. The molecule has 1 aliphatic rings. The summed E-state index contributed by atoms with van der Waals surface area (Å²) in [5, 5.41) is 31.4. The predicted molar refractivity (Wildman–Crippen MR) is 136 cm³/mol. The summed E-state index contributed by atoms with van der Waals surface area (Å²) >= 11 is 6.06. The summed E-state index contributed by atoms with van der Waals surface area (Å²) < 4.78 is 11.2. The zero-order chi connectivity index (χ0) is 26.3. The van der Waals surface area contributed by atoms with E-state index in [4.69, 9.17) is 26.0 Å². The summed E-state index contributed by atoms with van der Waals surface area (Å²) in [5.74, 6) is -2.27. The topological polar surface area (TPSA) is 124 Å². The number of furan rings is 1. The van der Waals surface area contributed by atoms with Crippen LogP contribution in [0.1, 0.15) is 34.6 Å². The summed E-state index contributed by atoms with van der Waals surface area (Å²) in [6, 6.07) is 17.9. The van der Waals surface area contributed by atoms with Crippen LogP contribution in [-0.4, -0.2) is 28.5 Å². The zero-order valence-corrected chi connectivity index (χ0v) is 20.2. The first kappa shape index (κ1) is 24.0. The molecule has 1 amide bonds. The number of ether oxygens (including phenoxy) is 1. The first-order valence-electron chi connectivity index (χ1n) is 11.3. The smallest absolute Gasteiger partial charge is 0.294 e. The molecule has 37 heavy (non-hydrogen) atoms. The van der Waals surface area contributed by atoms with Crippen molar-refractivity contribution in [2.75, 3.05) is 11.5 Å². The van der Waals surface area contributed by atoms with Gasteiger partial charge in [0.25, 0.3) is 5.91 Å². The lowest BCUT2D eigenvalue weighted by atomic mass is 9.94. The highest BCUT2D eigenvalue weighted by Gasteiger charge is 2.45. The van der Waals surface area contributed by atoms with Crippen LogP contribution >= 0.6 is 11.6 Å². The first-order chi connectivity index (χ1) is 17.8. The van der Waals surface area contributed by atoms with Crippen molar-refractivity contribution in [3.63, 3.8) is 0 Å². The first-order valence-corrected chi connectivity index (χ1v) is 11.7. The molecule has 0 aliphatic carbocycles. The van der Waals surface area contributed by atoms with E-state index in [2.05, 4.69) is 0 Å². The summed E-state index contributed by atoms with van der Waals surface area (Å²) in [6.45, 7) is 2.02. The number of hydrogen-bond acceptors (Lipinski definition) is 7. The van der Waals surface area contributed by atoms with Crippen LogP contribution in [0.4, 0.5) is 5.69 Å². The lowest BCUT2D eigenvalue weighted by Gasteiger charge is -2.27. The maximum atomic E-state index is 13.7. The number of ketones is 1. The van der Waals surface area contributed by atoms with Gasteiger partial charge in [0.05, 0.1) is 29.9 Å². The minimum Gasteiger partial charge on any atom is -0.504 e. The van der Waals surface area contributed by atoms with Crippen LogP contribution in [-0.2, 0) is 4.79 Å². The Labute approximate surface area is 216 Å². The molecular formula is C28H19ClN2O6. The second kappa shape index (κ2) is 9.37. The largest absolute Gasteiger partial charge is 0.504 e.